The van der Waals surface area contributed by atoms with Crippen LogP contribution in [0, 0.1) is 28.6 Å². The van der Waals surface area contributed by atoms with Crippen LogP contribution in [-0.4, -0.2) is 12.2 Å². The summed E-state index contributed by atoms with van der Waals surface area (Å²) in [7, 11) is 0. The first kappa shape index (κ1) is 18.8. The Morgan fingerprint density at radius 1 is 0.826 bits per heavy atom. The number of ether oxygens (including phenoxy) is 1. The molecule has 0 radical (unpaired) electrons. The van der Waals surface area contributed by atoms with E-state index < -0.39 is 5.60 Å². The molecule has 0 amide bonds. The molecule has 0 atom stereocenters. The lowest BCUT2D eigenvalue weighted by atomic mass is 9.89. The highest BCUT2D eigenvalue weighted by Crippen LogP contribution is 2.53. The fraction of sp³-hybridized carbons (Fsp3) is 0.952. The summed E-state index contributed by atoms with van der Waals surface area (Å²) < 4.78 is 6.15. The van der Waals surface area contributed by atoms with Crippen LogP contribution < -0.4 is 0 Å². The van der Waals surface area contributed by atoms with Crippen molar-refractivity contribution >= 4 is 0 Å². The Hall–Kier alpha value is -0.550. The van der Waals surface area contributed by atoms with E-state index in [2.05, 4.69) is 26.8 Å². The quantitative estimate of drug-likeness (QED) is 0.398. The smallest absolute Gasteiger partial charge is 0.159 e. The first-order valence-electron chi connectivity index (χ1n) is 10.0. The highest BCUT2D eigenvalue weighted by Gasteiger charge is 2.56. The molecule has 0 aromatic rings. The molecule has 2 saturated carbocycles. The Balaban J connectivity index is 1.46. The predicted molar refractivity (Wildman–Crippen MR) is 96.1 cm³/mol. The molecule has 0 bridgehead atoms. The van der Waals surface area contributed by atoms with Crippen molar-refractivity contribution in [3.63, 3.8) is 0 Å². The highest BCUT2D eigenvalue weighted by atomic mass is 16.5. The summed E-state index contributed by atoms with van der Waals surface area (Å²) in [5.74, 6) is 1.09. The van der Waals surface area contributed by atoms with Gasteiger partial charge in [0.2, 0.25) is 0 Å². The van der Waals surface area contributed by atoms with Gasteiger partial charge in [0.1, 0.15) is 0 Å². The molecule has 132 valence electrons. The highest BCUT2D eigenvalue weighted by molar-refractivity contribution is 5.17. The number of nitriles is 1. The second kappa shape index (κ2) is 8.52. The lowest BCUT2D eigenvalue weighted by Crippen LogP contribution is -2.36. The number of hydrogen-bond donors (Lipinski definition) is 0. The van der Waals surface area contributed by atoms with Crippen molar-refractivity contribution in [2.45, 2.75) is 103 Å². The van der Waals surface area contributed by atoms with Gasteiger partial charge in [0.25, 0.3) is 0 Å². The third-order valence-corrected chi connectivity index (χ3v) is 5.45. The van der Waals surface area contributed by atoms with E-state index in [-0.39, 0.29) is 0 Å². The van der Waals surface area contributed by atoms with Gasteiger partial charge in [-0.05, 0) is 43.9 Å². The van der Waals surface area contributed by atoms with Crippen LogP contribution in [0.1, 0.15) is 97.8 Å². The van der Waals surface area contributed by atoms with Gasteiger partial charge < -0.3 is 4.74 Å². The first-order chi connectivity index (χ1) is 11.0. The van der Waals surface area contributed by atoms with Gasteiger partial charge in [-0.1, -0.05) is 59.3 Å². The molecule has 0 aromatic heterocycles. The normalized spacial score (nSPS) is 18.9. The van der Waals surface area contributed by atoms with Crippen LogP contribution in [0.3, 0.4) is 0 Å². The van der Waals surface area contributed by atoms with E-state index in [9.17, 15) is 5.26 Å². The third-order valence-electron chi connectivity index (χ3n) is 5.45. The van der Waals surface area contributed by atoms with Gasteiger partial charge in [-0.3, -0.25) is 0 Å². The zero-order valence-corrected chi connectivity index (χ0v) is 15.7. The molecule has 0 aliphatic heterocycles. The van der Waals surface area contributed by atoms with Crippen LogP contribution >= 0.6 is 0 Å². The maximum absolute atomic E-state index is 9.60. The van der Waals surface area contributed by atoms with Gasteiger partial charge in [-0.2, -0.15) is 5.26 Å². The summed E-state index contributed by atoms with van der Waals surface area (Å²) in [6, 6.07) is 2.55. The van der Waals surface area contributed by atoms with Gasteiger partial charge in [-0.15, -0.1) is 0 Å². The average Bonchev–Trinajstić information content (AvgIpc) is 3.37. The molecule has 2 aliphatic carbocycles. The van der Waals surface area contributed by atoms with E-state index in [1.807, 2.05) is 0 Å². The summed E-state index contributed by atoms with van der Waals surface area (Å²) in [5, 5.41) is 9.60. The monoisotopic (exact) mass is 319 g/mol. The Morgan fingerprint density at radius 3 is 1.74 bits per heavy atom. The molecule has 0 N–H and O–H groups in total. The van der Waals surface area contributed by atoms with E-state index in [4.69, 9.17) is 4.74 Å². The lowest BCUT2D eigenvalue weighted by molar-refractivity contribution is -0.0368. The summed E-state index contributed by atoms with van der Waals surface area (Å²) in [5.41, 5.74) is 0.0979. The van der Waals surface area contributed by atoms with Crippen molar-refractivity contribution in [3.05, 3.63) is 0 Å². The van der Waals surface area contributed by atoms with E-state index in [1.54, 1.807) is 0 Å². The van der Waals surface area contributed by atoms with E-state index in [0.717, 1.165) is 13.0 Å². The zero-order valence-electron chi connectivity index (χ0n) is 15.7. The van der Waals surface area contributed by atoms with E-state index in [1.165, 1.54) is 70.6 Å². The van der Waals surface area contributed by atoms with Crippen LogP contribution in [0.15, 0.2) is 0 Å². The topological polar surface area (TPSA) is 33.0 Å². The third kappa shape index (κ3) is 6.46. The number of hydrogen-bond acceptors (Lipinski definition) is 2. The molecule has 0 saturated heterocycles. The minimum absolute atomic E-state index is 0.396. The fourth-order valence-corrected chi connectivity index (χ4v) is 3.69. The molecule has 0 unspecified atom stereocenters. The second-order valence-electron chi connectivity index (χ2n) is 9.09. The van der Waals surface area contributed by atoms with Crippen molar-refractivity contribution in [2.75, 3.05) is 6.61 Å². The molecule has 0 aromatic carbocycles. The molecular weight excluding hydrogens is 282 g/mol. The molecule has 2 fully saturated rings. The van der Waals surface area contributed by atoms with Crippen molar-refractivity contribution < 1.29 is 4.74 Å². The molecule has 2 nitrogen and oxygen atoms in total. The van der Waals surface area contributed by atoms with Crippen molar-refractivity contribution in [1.82, 2.24) is 0 Å². The average molecular weight is 320 g/mol. The van der Waals surface area contributed by atoms with Crippen LogP contribution in [-0.2, 0) is 4.74 Å². The molecule has 2 aliphatic rings. The Bertz CT molecular complexity index is 370. The lowest BCUT2D eigenvalue weighted by Gasteiger charge is -2.27. The van der Waals surface area contributed by atoms with Crippen molar-refractivity contribution in [2.24, 2.45) is 17.3 Å². The van der Waals surface area contributed by atoms with Crippen molar-refractivity contribution in [3.8, 4) is 6.07 Å². The predicted octanol–water partition coefficient (Wildman–Crippen LogP) is 6.25. The largest absolute Gasteiger partial charge is 0.360 e. The summed E-state index contributed by atoms with van der Waals surface area (Å²) in [6.45, 7) is 7.79. The van der Waals surface area contributed by atoms with Crippen LogP contribution in [0.4, 0.5) is 0 Å². The standard InChI is InChI=1S/C21H37NO/c1-20(2,3)15-9-7-5-4-6-8-10-16-23-21(17-22,18-11-12-18)19-13-14-19/h18-19H,4-16H2,1-3H3. The Kier molecular flexibility index (Phi) is 6.96. The molecule has 0 heterocycles. The summed E-state index contributed by atoms with van der Waals surface area (Å²) in [4.78, 5) is 0. The Labute approximate surface area is 144 Å². The number of nitrogens with zero attached hydrogens (tertiary/aromatic N) is 1. The van der Waals surface area contributed by atoms with E-state index >= 15 is 0 Å². The fourth-order valence-electron chi connectivity index (χ4n) is 3.69. The van der Waals surface area contributed by atoms with Crippen LogP contribution in [0.25, 0.3) is 0 Å². The zero-order chi connectivity index (χ0) is 16.8. The molecule has 2 heteroatoms. The number of rotatable bonds is 12. The summed E-state index contributed by atoms with van der Waals surface area (Å²) in [6.07, 6.45) is 15.4. The molecular formula is C21H37NO. The van der Waals surface area contributed by atoms with Crippen LogP contribution in [0.2, 0.25) is 0 Å². The molecule has 0 spiro atoms. The molecule has 2 rings (SSSR count). The maximum Gasteiger partial charge on any atom is 0.159 e. The van der Waals surface area contributed by atoms with Crippen LogP contribution in [0.5, 0.6) is 0 Å². The van der Waals surface area contributed by atoms with Gasteiger partial charge in [0, 0.05) is 18.4 Å². The van der Waals surface area contributed by atoms with E-state index in [0.29, 0.717) is 17.3 Å². The van der Waals surface area contributed by atoms with Gasteiger partial charge in [-0.25, -0.2) is 0 Å². The first-order valence-corrected chi connectivity index (χ1v) is 10.0. The summed E-state index contributed by atoms with van der Waals surface area (Å²) >= 11 is 0. The van der Waals surface area contributed by atoms with Gasteiger partial charge >= 0.3 is 0 Å². The van der Waals surface area contributed by atoms with Gasteiger partial charge in [0.15, 0.2) is 5.60 Å². The SMILES string of the molecule is CC(C)(C)CCCCCCCCCOC(C#N)(C1CC1)C1CC1. The minimum Gasteiger partial charge on any atom is -0.360 e. The number of unbranched alkanes of at least 4 members (excludes halogenated alkanes) is 6. The van der Waals surface area contributed by atoms with Crippen molar-refractivity contribution in [1.29, 1.82) is 5.26 Å². The van der Waals surface area contributed by atoms with Gasteiger partial charge in [0.05, 0.1) is 6.07 Å². The molecule has 23 heavy (non-hydrogen) atoms. The minimum atomic E-state index is -0.396. The second-order valence-corrected chi connectivity index (χ2v) is 9.09. The Morgan fingerprint density at radius 2 is 1.30 bits per heavy atom. The maximum atomic E-state index is 9.60.